The smallest absolute Gasteiger partial charge is 0.338 e. The van der Waals surface area contributed by atoms with E-state index in [9.17, 15) is 14.4 Å². The molecule has 1 heterocycles. The molecular formula is C15H17N5O4S. The van der Waals surface area contributed by atoms with Crippen LogP contribution in [0.4, 0.5) is 5.69 Å². The van der Waals surface area contributed by atoms with Crippen molar-refractivity contribution < 1.29 is 14.3 Å². The second-order valence-electron chi connectivity index (χ2n) is 4.89. The largest absolute Gasteiger partial charge is 0.462 e. The zero-order chi connectivity index (χ0) is 18.2. The number of nitrogen functional groups attached to an aromatic ring is 1. The summed E-state index contributed by atoms with van der Waals surface area (Å²) in [5.74, 6) is 4.69. The van der Waals surface area contributed by atoms with Crippen LogP contribution in [-0.4, -0.2) is 39.1 Å². The molecule has 1 aromatic heterocycles. The topological polar surface area (TPSA) is 129 Å². The third kappa shape index (κ3) is 5.31. The van der Waals surface area contributed by atoms with Gasteiger partial charge < -0.3 is 15.9 Å². The highest BCUT2D eigenvalue weighted by atomic mass is 32.2. The number of nitrogens with one attached hydrogen (secondary N) is 1. The normalized spacial score (nSPS) is 10.3. The molecule has 0 aliphatic rings. The van der Waals surface area contributed by atoms with Gasteiger partial charge in [0.2, 0.25) is 11.1 Å². The molecule has 25 heavy (non-hydrogen) atoms. The Labute approximate surface area is 147 Å². The van der Waals surface area contributed by atoms with Crippen molar-refractivity contribution in [3.63, 3.8) is 0 Å². The summed E-state index contributed by atoms with van der Waals surface area (Å²) in [6.07, 6.45) is 1.71. The molecule has 0 spiro atoms. The summed E-state index contributed by atoms with van der Waals surface area (Å²) in [6, 6.07) is 6.43. The summed E-state index contributed by atoms with van der Waals surface area (Å²) in [5.41, 5.74) is 0.292. The van der Waals surface area contributed by atoms with Crippen molar-refractivity contribution in [3.8, 4) is 0 Å². The average Bonchev–Trinajstić information content (AvgIpc) is 2.61. The predicted octanol–water partition coefficient (Wildman–Crippen LogP) is 0.650. The number of carbonyl (C=O) groups is 2. The lowest BCUT2D eigenvalue weighted by molar-refractivity contribution is -0.113. The molecule has 1 amide bonds. The maximum Gasteiger partial charge on any atom is 0.338 e. The van der Waals surface area contributed by atoms with E-state index in [-0.39, 0.29) is 16.8 Å². The Balaban J connectivity index is 1.95. The Kier molecular flexibility index (Phi) is 6.52. The fraction of sp³-hybridized carbons (Fsp3) is 0.267. The number of aromatic nitrogens is 3. The number of thioether (sulfide) groups is 1. The summed E-state index contributed by atoms with van der Waals surface area (Å²) in [5, 5.41) is 9.97. The maximum atomic E-state index is 12.0. The monoisotopic (exact) mass is 363 g/mol. The van der Waals surface area contributed by atoms with Crippen LogP contribution >= 0.6 is 11.8 Å². The molecule has 1 aromatic carbocycles. The quantitative estimate of drug-likeness (QED) is 0.417. The van der Waals surface area contributed by atoms with Crippen LogP contribution in [-0.2, 0) is 9.53 Å². The Morgan fingerprint density at radius 3 is 2.96 bits per heavy atom. The van der Waals surface area contributed by atoms with E-state index in [0.29, 0.717) is 17.9 Å². The number of anilines is 1. The average molecular weight is 363 g/mol. The van der Waals surface area contributed by atoms with Crippen molar-refractivity contribution in [1.29, 1.82) is 0 Å². The Hall–Kier alpha value is -2.88. The Morgan fingerprint density at radius 2 is 2.20 bits per heavy atom. The highest BCUT2D eigenvalue weighted by Crippen LogP contribution is 2.14. The minimum absolute atomic E-state index is 0.0279. The number of esters is 1. The number of hydrogen-bond acceptors (Lipinski definition) is 8. The third-order valence-corrected chi connectivity index (χ3v) is 3.85. The SMILES string of the molecule is CCCOC(=O)c1cccc(NC(=O)CSc2nncc(=O)n2N)c1. The van der Waals surface area contributed by atoms with Gasteiger partial charge in [0.05, 0.1) is 17.9 Å². The first-order valence-electron chi connectivity index (χ1n) is 7.41. The molecule has 3 N–H and O–H groups in total. The van der Waals surface area contributed by atoms with Gasteiger partial charge >= 0.3 is 5.97 Å². The number of nitrogens with zero attached hydrogens (tertiary/aromatic N) is 3. The van der Waals surface area contributed by atoms with Crippen molar-refractivity contribution in [1.82, 2.24) is 14.9 Å². The molecule has 0 saturated heterocycles. The van der Waals surface area contributed by atoms with E-state index in [2.05, 4.69) is 15.5 Å². The van der Waals surface area contributed by atoms with Crippen LogP contribution in [0.1, 0.15) is 23.7 Å². The maximum absolute atomic E-state index is 12.0. The lowest BCUT2D eigenvalue weighted by atomic mass is 10.2. The highest BCUT2D eigenvalue weighted by Gasteiger charge is 2.11. The first-order chi connectivity index (χ1) is 12.0. The van der Waals surface area contributed by atoms with Gasteiger partial charge in [-0.05, 0) is 24.6 Å². The summed E-state index contributed by atoms with van der Waals surface area (Å²) in [4.78, 5) is 35.2. The van der Waals surface area contributed by atoms with Crippen LogP contribution in [0.3, 0.4) is 0 Å². The molecule has 2 aromatic rings. The van der Waals surface area contributed by atoms with Crippen LogP contribution in [0, 0.1) is 0 Å². The van der Waals surface area contributed by atoms with E-state index < -0.39 is 11.5 Å². The standard InChI is InChI=1S/C15H17N5O4S/c1-2-6-24-14(23)10-4-3-5-11(7-10)18-12(21)9-25-15-19-17-8-13(22)20(15)16/h3-5,7-8H,2,6,9,16H2,1H3,(H,18,21). The fourth-order valence-corrected chi connectivity index (χ4v) is 2.43. The lowest BCUT2D eigenvalue weighted by Gasteiger charge is -2.08. The summed E-state index contributed by atoms with van der Waals surface area (Å²) in [7, 11) is 0. The molecule has 132 valence electrons. The van der Waals surface area contributed by atoms with Gasteiger partial charge in [-0.3, -0.25) is 9.59 Å². The van der Waals surface area contributed by atoms with Gasteiger partial charge in [0.25, 0.3) is 5.56 Å². The van der Waals surface area contributed by atoms with Crippen LogP contribution < -0.4 is 16.7 Å². The van der Waals surface area contributed by atoms with Crippen molar-refractivity contribution in [3.05, 3.63) is 46.4 Å². The number of carbonyl (C=O) groups excluding carboxylic acids is 2. The molecule has 0 unspecified atom stereocenters. The molecule has 0 atom stereocenters. The molecule has 0 bridgehead atoms. The number of ether oxygens (including phenoxy) is 1. The number of benzene rings is 1. The second-order valence-corrected chi connectivity index (χ2v) is 5.83. The van der Waals surface area contributed by atoms with E-state index in [4.69, 9.17) is 10.6 Å². The zero-order valence-electron chi connectivity index (χ0n) is 13.5. The van der Waals surface area contributed by atoms with E-state index in [1.165, 1.54) is 6.07 Å². The number of nitrogens with two attached hydrogens (primary N) is 1. The summed E-state index contributed by atoms with van der Waals surface area (Å²) >= 11 is 0.971. The summed E-state index contributed by atoms with van der Waals surface area (Å²) < 4.78 is 5.86. The first kappa shape index (κ1) is 18.5. The van der Waals surface area contributed by atoms with Crippen molar-refractivity contribution in [2.45, 2.75) is 18.5 Å². The molecule has 0 aliphatic carbocycles. The zero-order valence-corrected chi connectivity index (χ0v) is 14.3. The van der Waals surface area contributed by atoms with Crippen LogP contribution in [0.2, 0.25) is 0 Å². The van der Waals surface area contributed by atoms with E-state index in [0.717, 1.165) is 29.1 Å². The first-order valence-corrected chi connectivity index (χ1v) is 8.39. The number of rotatable bonds is 7. The van der Waals surface area contributed by atoms with E-state index in [1.807, 2.05) is 6.92 Å². The van der Waals surface area contributed by atoms with Crippen LogP contribution in [0.5, 0.6) is 0 Å². The lowest BCUT2D eigenvalue weighted by Crippen LogP contribution is -2.30. The van der Waals surface area contributed by atoms with Gasteiger partial charge in [0, 0.05) is 5.69 Å². The highest BCUT2D eigenvalue weighted by molar-refractivity contribution is 7.99. The van der Waals surface area contributed by atoms with E-state index >= 15 is 0 Å². The van der Waals surface area contributed by atoms with Gasteiger partial charge in [0.1, 0.15) is 6.20 Å². The van der Waals surface area contributed by atoms with Gasteiger partial charge in [0.15, 0.2) is 0 Å². The number of amides is 1. The number of hydrogen-bond donors (Lipinski definition) is 2. The molecule has 0 saturated carbocycles. The van der Waals surface area contributed by atoms with Gasteiger partial charge in [-0.15, -0.1) is 5.10 Å². The van der Waals surface area contributed by atoms with Gasteiger partial charge in [-0.2, -0.15) is 9.77 Å². The minimum atomic E-state index is -0.517. The van der Waals surface area contributed by atoms with Crippen LogP contribution in [0.15, 0.2) is 40.4 Å². The van der Waals surface area contributed by atoms with Gasteiger partial charge in [-0.1, -0.05) is 24.8 Å². The predicted molar refractivity (Wildman–Crippen MR) is 92.8 cm³/mol. The summed E-state index contributed by atoms with van der Waals surface area (Å²) in [6.45, 7) is 2.24. The molecule has 0 aliphatic heterocycles. The van der Waals surface area contributed by atoms with Gasteiger partial charge in [-0.25, -0.2) is 4.79 Å². The molecule has 9 nitrogen and oxygen atoms in total. The Morgan fingerprint density at radius 1 is 1.40 bits per heavy atom. The fourth-order valence-electron chi connectivity index (χ4n) is 1.76. The van der Waals surface area contributed by atoms with E-state index in [1.54, 1.807) is 18.2 Å². The molecule has 0 radical (unpaired) electrons. The second kappa shape index (κ2) is 8.83. The molecule has 2 rings (SSSR count). The molecule has 10 heteroatoms. The third-order valence-electron chi connectivity index (χ3n) is 2.91. The minimum Gasteiger partial charge on any atom is -0.462 e. The van der Waals surface area contributed by atoms with Crippen LogP contribution in [0.25, 0.3) is 0 Å². The van der Waals surface area contributed by atoms with Crippen molar-refractivity contribution in [2.75, 3.05) is 23.5 Å². The molecular weight excluding hydrogens is 346 g/mol. The van der Waals surface area contributed by atoms with Crippen molar-refractivity contribution >= 4 is 29.3 Å². The Bertz CT molecular complexity index is 824. The van der Waals surface area contributed by atoms with Crippen molar-refractivity contribution in [2.24, 2.45) is 0 Å². The molecule has 0 fully saturated rings.